The minimum absolute atomic E-state index is 0.0285. The summed E-state index contributed by atoms with van der Waals surface area (Å²) >= 11 is 0. The van der Waals surface area contributed by atoms with Crippen molar-refractivity contribution in [1.82, 2.24) is 14.7 Å². The lowest BCUT2D eigenvalue weighted by molar-refractivity contribution is -0.119. The zero-order valence-electron chi connectivity index (χ0n) is 14.7. The molecule has 3 heterocycles. The highest BCUT2D eigenvalue weighted by Crippen LogP contribution is 2.26. The molecule has 6 nitrogen and oxygen atoms in total. The Morgan fingerprint density at radius 1 is 1.38 bits per heavy atom. The summed E-state index contributed by atoms with van der Waals surface area (Å²) in [5.41, 5.74) is 1.37. The lowest BCUT2D eigenvalue weighted by Gasteiger charge is -2.32. The van der Waals surface area contributed by atoms with Crippen LogP contribution in [0.4, 0.5) is 5.82 Å². The first kappa shape index (κ1) is 17.2. The van der Waals surface area contributed by atoms with Crippen LogP contribution in [0.15, 0.2) is 23.9 Å². The van der Waals surface area contributed by atoms with Crippen LogP contribution in [-0.2, 0) is 9.53 Å². The van der Waals surface area contributed by atoms with Crippen molar-refractivity contribution in [3.05, 3.63) is 23.9 Å². The molecule has 1 N–H and O–H groups in total. The second-order valence-electron chi connectivity index (χ2n) is 7.02. The summed E-state index contributed by atoms with van der Waals surface area (Å²) in [5.74, 6) is 0.837. The smallest absolute Gasteiger partial charge is 0.231 e. The number of hydrogen-bond acceptors (Lipinski definition) is 4. The fraction of sp³-hybridized carbons (Fsp3) is 0.667. The monoisotopic (exact) mass is 332 g/mol. The molecular formula is C18H28N4O2. The highest BCUT2D eigenvalue weighted by atomic mass is 16.5. The second-order valence-corrected chi connectivity index (χ2v) is 7.02. The molecule has 6 heteroatoms. The number of carbonyl (C=O) groups is 1. The molecule has 24 heavy (non-hydrogen) atoms. The fourth-order valence-corrected chi connectivity index (χ4v) is 3.33. The van der Waals surface area contributed by atoms with E-state index in [1.54, 1.807) is 6.20 Å². The maximum atomic E-state index is 12.3. The Labute approximate surface area is 143 Å². The van der Waals surface area contributed by atoms with Crippen molar-refractivity contribution in [2.75, 3.05) is 38.2 Å². The van der Waals surface area contributed by atoms with E-state index < -0.39 is 0 Å². The molecule has 0 spiro atoms. The molecule has 2 aliphatic heterocycles. The Balaban J connectivity index is 1.55. The molecule has 2 fully saturated rings. The Bertz CT molecular complexity index is 578. The summed E-state index contributed by atoms with van der Waals surface area (Å²) in [4.78, 5) is 14.8. The largest absolute Gasteiger partial charge is 0.381 e. The van der Waals surface area contributed by atoms with Crippen LogP contribution in [0.5, 0.6) is 0 Å². The van der Waals surface area contributed by atoms with Gasteiger partial charge < -0.3 is 10.1 Å². The third-order valence-electron chi connectivity index (χ3n) is 4.88. The van der Waals surface area contributed by atoms with E-state index in [0.29, 0.717) is 19.3 Å². The zero-order chi connectivity index (χ0) is 16.9. The number of hydrogen-bond donors (Lipinski definition) is 1. The van der Waals surface area contributed by atoms with Crippen LogP contribution in [0.25, 0.3) is 0 Å². The van der Waals surface area contributed by atoms with Gasteiger partial charge in [0.2, 0.25) is 5.91 Å². The van der Waals surface area contributed by atoms with Crippen LogP contribution in [-0.4, -0.2) is 53.4 Å². The van der Waals surface area contributed by atoms with Crippen molar-refractivity contribution in [2.45, 2.75) is 39.2 Å². The average Bonchev–Trinajstić information content (AvgIpc) is 3.25. The molecule has 3 rings (SSSR count). The third kappa shape index (κ3) is 4.24. The first-order chi connectivity index (χ1) is 11.6. The molecular weight excluding hydrogens is 304 g/mol. The average molecular weight is 332 g/mol. The highest BCUT2D eigenvalue weighted by Gasteiger charge is 2.26. The van der Waals surface area contributed by atoms with Gasteiger partial charge in [-0.25, -0.2) is 4.68 Å². The van der Waals surface area contributed by atoms with E-state index in [9.17, 15) is 4.79 Å². The Hall–Kier alpha value is -1.66. The lowest BCUT2D eigenvalue weighted by atomic mass is 10.0. The van der Waals surface area contributed by atoms with Crippen molar-refractivity contribution in [3.8, 4) is 0 Å². The minimum atomic E-state index is -0.0285. The van der Waals surface area contributed by atoms with Gasteiger partial charge in [0.1, 0.15) is 5.82 Å². The summed E-state index contributed by atoms with van der Waals surface area (Å²) in [6.07, 6.45) is 6.99. The summed E-state index contributed by atoms with van der Waals surface area (Å²) in [6, 6.07) is 2.25. The maximum absolute atomic E-state index is 12.3. The fourth-order valence-electron chi connectivity index (χ4n) is 3.33. The number of ether oxygens (including phenoxy) is 1. The number of aromatic nitrogens is 2. The number of nitrogens with one attached hydrogen (secondary N) is 1. The Morgan fingerprint density at radius 3 is 2.83 bits per heavy atom. The van der Waals surface area contributed by atoms with Gasteiger partial charge in [-0.2, -0.15) is 5.10 Å². The van der Waals surface area contributed by atoms with E-state index in [2.05, 4.69) is 35.2 Å². The molecule has 0 unspecified atom stereocenters. The van der Waals surface area contributed by atoms with Crippen molar-refractivity contribution in [3.63, 3.8) is 0 Å². The van der Waals surface area contributed by atoms with E-state index in [1.807, 2.05) is 10.7 Å². The number of nitrogens with zero attached hydrogens (tertiary/aromatic N) is 3. The topological polar surface area (TPSA) is 59.4 Å². The first-order valence-corrected chi connectivity index (χ1v) is 8.91. The van der Waals surface area contributed by atoms with E-state index in [0.717, 1.165) is 44.7 Å². The zero-order valence-corrected chi connectivity index (χ0v) is 14.7. The van der Waals surface area contributed by atoms with Crippen molar-refractivity contribution < 1.29 is 9.53 Å². The normalized spacial score (nSPS) is 22.5. The van der Waals surface area contributed by atoms with Crippen molar-refractivity contribution in [2.24, 2.45) is 5.92 Å². The first-order valence-electron chi connectivity index (χ1n) is 8.91. The number of rotatable bonds is 5. The van der Waals surface area contributed by atoms with Gasteiger partial charge in [0.05, 0.1) is 24.8 Å². The lowest BCUT2D eigenvalue weighted by Crippen LogP contribution is -2.35. The molecule has 1 amide bonds. The van der Waals surface area contributed by atoms with E-state index in [1.165, 1.54) is 5.57 Å². The standard InChI is InChI=1S/C18H28N4O2/c1-14(2)4-9-21-10-5-16(6-11-21)22-17(3-8-19-22)20-18(23)15-7-12-24-13-15/h3-4,8,15-16H,5-7,9-13H2,1-2H3,(H,20,23)/t15-/m0/s1. The number of carbonyl (C=O) groups excluding carboxylic acids is 1. The van der Waals surface area contributed by atoms with Gasteiger partial charge in [-0.15, -0.1) is 0 Å². The molecule has 1 aromatic rings. The quantitative estimate of drug-likeness (QED) is 0.842. The van der Waals surface area contributed by atoms with Crippen LogP contribution in [0.2, 0.25) is 0 Å². The van der Waals surface area contributed by atoms with Gasteiger partial charge in [0, 0.05) is 32.3 Å². The van der Waals surface area contributed by atoms with Gasteiger partial charge in [0.25, 0.3) is 0 Å². The summed E-state index contributed by atoms with van der Waals surface area (Å²) in [7, 11) is 0. The van der Waals surface area contributed by atoms with Crippen LogP contribution in [0, 0.1) is 5.92 Å². The van der Waals surface area contributed by atoms with Crippen LogP contribution in [0.3, 0.4) is 0 Å². The predicted molar refractivity (Wildman–Crippen MR) is 93.9 cm³/mol. The van der Waals surface area contributed by atoms with Gasteiger partial charge in [-0.1, -0.05) is 11.6 Å². The SMILES string of the molecule is CC(C)=CCN1CCC(n2nccc2NC(=O)[C@H]2CCOC2)CC1. The van der Waals surface area contributed by atoms with Crippen LogP contribution >= 0.6 is 0 Å². The van der Waals surface area contributed by atoms with Gasteiger partial charge in [-0.05, 0) is 33.1 Å². The molecule has 2 aliphatic rings. The molecule has 2 saturated heterocycles. The van der Waals surface area contributed by atoms with E-state index >= 15 is 0 Å². The van der Waals surface area contributed by atoms with Gasteiger partial charge in [0.15, 0.2) is 0 Å². The second kappa shape index (κ2) is 7.94. The van der Waals surface area contributed by atoms with E-state index in [-0.39, 0.29) is 11.8 Å². The number of anilines is 1. The Morgan fingerprint density at radius 2 is 2.17 bits per heavy atom. The highest BCUT2D eigenvalue weighted by molar-refractivity contribution is 5.92. The molecule has 0 saturated carbocycles. The third-order valence-corrected chi connectivity index (χ3v) is 4.88. The number of allylic oxidation sites excluding steroid dienone is 1. The predicted octanol–water partition coefficient (Wildman–Crippen LogP) is 2.46. The molecule has 0 aliphatic carbocycles. The molecule has 0 aromatic carbocycles. The van der Waals surface area contributed by atoms with Crippen LogP contribution < -0.4 is 5.32 Å². The molecule has 1 aromatic heterocycles. The maximum Gasteiger partial charge on any atom is 0.231 e. The summed E-state index contributed by atoms with van der Waals surface area (Å²) in [5, 5.41) is 7.50. The summed E-state index contributed by atoms with van der Waals surface area (Å²) in [6.45, 7) is 8.65. The molecule has 132 valence electrons. The summed E-state index contributed by atoms with van der Waals surface area (Å²) < 4.78 is 7.29. The molecule has 0 radical (unpaired) electrons. The van der Waals surface area contributed by atoms with Crippen molar-refractivity contribution >= 4 is 11.7 Å². The molecule has 1 atom stereocenters. The van der Waals surface area contributed by atoms with E-state index in [4.69, 9.17) is 4.74 Å². The van der Waals surface area contributed by atoms with Gasteiger partial charge in [-0.3, -0.25) is 9.69 Å². The molecule has 0 bridgehead atoms. The number of amides is 1. The van der Waals surface area contributed by atoms with Crippen molar-refractivity contribution in [1.29, 1.82) is 0 Å². The van der Waals surface area contributed by atoms with Gasteiger partial charge >= 0.3 is 0 Å². The number of likely N-dealkylation sites (tertiary alicyclic amines) is 1. The number of piperidine rings is 1. The van der Waals surface area contributed by atoms with Crippen LogP contribution in [0.1, 0.15) is 39.2 Å². The Kier molecular flexibility index (Phi) is 5.68. The minimum Gasteiger partial charge on any atom is -0.381 e.